The Balaban J connectivity index is 1.82. The van der Waals surface area contributed by atoms with Crippen molar-refractivity contribution in [3.63, 3.8) is 0 Å². The van der Waals surface area contributed by atoms with Gasteiger partial charge in [-0.15, -0.1) is 0 Å². The number of amides is 2. The number of carboxylic acids is 1. The van der Waals surface area contributed by atoms with Crippen molar-refractivity contribution < 1.29 is 28.6 Å². The first-order valence-corrected chi connectivity index (χ1v) is 6.85. The van der Waals surface area contributed by atoms with Crippen molar-refractivity contribution in [2.24, 2.45) is 0 Å². The van der Waals surface area contributed by atoms with Gasteiger partial charge in [-0.25, -0.2) is 14.0 Å². The van der Waals surface area contributed by atoms with Gasteiger partial charge >= 0.3 is 12.1 Å². The summed E-state index contributed by atoms with van der Waals surface area (Å²) in [4.78, 5) is 34.3. The van der Waals surface area contributed by atoms with Gasteiger partial charge in [0.2, 0.25) is 0 Å². The molecule has 24 heavy (non-hydrogen) atoms. The number of carboxylic acid groups (broad SMARTS) is 1. The van der Waals surface area contributed by atoms with E-state index in [4.69, 9.17) is 9.84 Å². The summed E-state index contributed by atoms with van der Waals surface area (Å²) in [6, 6.07) is 7.89. The maximum absolute atomic E-state index is 13.4. The number of nitrogens with one attached hydrogen (secondary N) is 2. The molecule has 2 amide bonds. The Morgan fingerprint density at radius 3 is 2.75 bits per heavy atom. The van der Waals surface area contributed by atoms with Gasteiger partial charge in [-0.1, -0.05) is 0 Å². The second kappa shape index (κ2) is 5.99. The van der Waals surface area contributed by atoms with E-state index in [1.54, 1.807) is 12.1 Å². The molecule has 1 aliphatic heterocycles. The van der Waals surface area contributed by atoms with Gasteiger partial charge < -0.3 is 15.2 Å². The molecule has 0 unspecified atom stereocenters. The van der Waals surface area contributed by atoms with Crippen LogP contribution in [0, 0.1) is 5.82 Å². The average molecular weight is 330 g/mol. The molecule has 1 heterocycles. The third-order valence-corrected chi connectivity index (χ3v) is 3.42. The van der Waals surface area contributed by atoms with Gasteiger partial charge in [0, 0.05) is 16.8 Å². The summed E-state index contributed by atoms with van der Waals surface area (Å²) in [5.41, 5.74) is 1.09. The van der Waals surface area contributed by atoms with Crippen LogP contribution in [0.2, 0.25) is 0 Å². The number of hydrogen-bond donors (Lipinski definition) is 3. The quantitative estimate of drug-likeness (QED) is 0.802. The zero-order chi connectivity index (χ0) is 17.3. The van der Waals surface area contributed by atoms with E-state index in [2.05, 4.69) is 10.6 Å². The summed E-state index contributed by atoms with van der Waals surface area (Å²) >= 11 is 0. The van der Waals surface area contributed by atoms with Crippen LogP contribution in [0.1, 0.15) is 26.3 Å². The number of rotatable bonds is 3. The molecule has 2 aromatic rings. The Morgan fingerprint density at radius 1 is 1.21 bits per heavy atom. The zero-order valence-corrected chi connectivity index (χ0v) is 12.1. The third-order valence-electron chi connectivity index (χ3n) is 3.42. The molecule has 3 rings (SSSR count). The number of hydrogen-bond acceptors (Lipinski definition) is 4. The number of carbonyl (C=O) groups is 3. The van der Waals surface area contributed by atoms with Crippen LogP contribution in [0.4, 0.5) is 20.6 Å². The summed E-state index contributed by atoms with van der Waals surface area (Å²) < 4.78 is 18.2. The van der Waals surface area contributed by atoms with Gasteiger partial charge in [-0.2, -0.15) is 0 Å². The number of benzene rings is 2. The highest BCUT2D eigenvalue weighted by Gasteiger charge is 2.18. The van der Waals surface area contributed by atoms with Gasteiger partial charge in [0.1, 0.15) is 12.4 Å². The van der Waals surface area contributed by atoms with Crippen LogP contribution in [0.15, 0.2) is 36.4 Å². The summed E-state index contributed by atoms with van der Waals surface area (Å²) in [5, 5.41) is 13.9. The van der Waals surface area contributed by atoms with Crippen molar-refractivity contribution in [3.05, 3.63) is 58.9 Å². The highest BCUT2D eigenvalue weighted by molar-refractivity contribution is 6.05. The van der Waals surface area contributed by atoms with Gasteiger partial charge in [0.25, 0.3) is 5.91 Å². The first-order valence-electron chi connectivity index (χ1n) is 6.85. The predicted octanol–water partition coefficient (Wildman–Crippen LogP) is 2.84. The molecular weight excluding hydrogens is 319 g/mol. The molecule has 0 bridgehead atoms. The lowest BCUT2D eigenvalue weighted by atomic mass is 10.1. The molecule has 0 aromatic heterocycles. The smallest absolute Gasteiger partial charge is 0.411 e. The molecule has 0 fully saturated rings. The molecule has 7 nitrogen and oxygen atoms in total. The van der Waals surface area contributed by atoms with Crippen molar-refractivity contribution in [1.29, 1.82) is 0 Å². The number of anilines is 2. The lowest BCUT2D eigenvalue weighted by molar-refractivity contribution is 0.0691. The molecule has 0 aliphatic carbocycles. The maximum atomic E-state index is 13.4. The minimum Gasteiger partial charge on any atom is -0.478 e. The maximum Gasteiger partial charge on any atom is 0.411 e. The van der Waals surface area contributed by atoms with E-state index in [1.807, 2.05) is 0 Å². The SMILES string of the molecule is O=C1Nc2ccc(C(=O)Nc3ccc(F)c(C(=O)O)c3)cc2CO1. The fraction of sp³-hybridized carbons (Fsp3) is 0.0625. The monoisotopic (exact) mass is 330 g/mol. The fourth-order valence-electron chi connectivity index (χ4n) is 2.24. The van der Waals surface area contributed by atoms with Crippen LogP contribution >= 0.6 is 0 Å². The second-order valence-corrected chi connectivity index (χ2v) is 5.03. The van der Waals surface area contributed by atoms with E-state index in [9.17, 15) is 18.8 Å². The van der Waals surface area contributed by atoms with E-state index in [-0.39, 0.29) is 17.9 Å². The van der Waals surface area contributed by atoms with Crippen molar-refractivity contribution in [2.75, 3.05) is 10.6 Å². The zero-order valence-electron chi connectivity index (χ0n) is 12.1. The summed E-state index contributed by atoms with van der Waals surface area (Å²) in [6.45, 7) is 0.0436. The van der Waals surface area contributed by atoms with E-state index >= 15 is 0 Å². The highest BCUT2D eigenvalue weighted by Crippen LogP contribution is 2.23. The number of carbonyl (C=O) groups excluding carboxylic acids is 2. The van der Waals surface area contributed by atoms with E-state index in [0.717, 1.165) is 12.1 Å². The van der Waals surface area contributed by atoms with Crippen molar-refractivity contribution in [3.8, 4) is 0 Å². The lowest BCUT2D eigenvalue weighted by Gasteiger charge is -2.18. The van der Waals surface area contributed by atoms with Crippen LogP contribution in [-0.4, -0.2) is 23.1 Å². The van der Waals surface area contributed by atoms with Crippen molar-refractivity contribution >= 4 is 29.3 Å². The van der Waals surface area contributed by atoms with E-state index < -0.39 is 29.4 Å². The van der Waals surface area contributed by atoms with Gasteiger partial charge in [0.15, 0.2) is 0 Å². The molecule has 1 aliphatic rings. The van der Waals surface area contributed by atoms with Crippen molar-refractivity contribution in [1.82, 2.24) is 0 Å². The van der Waals surface area contributed by atoms with Crippen LogP contribution in [-0.2, 0) is 11.3 Å². The molecule has 0 radical (unpaired) electrons. The summed E-state index contributed by atoms with van der Waals surface area (Å²) in [5.74, 6) is -2.81. The first-order chi connectivity index (χ1) is 11.4. The van der Waals surface area contributed by atoms with E-state index in [1.165, 1.54) is 12.1 Å². The Kier molecular flexibility index (Phi) is 3.87. The molecule has 3 N–H and O–H groups in total. The van der Waals surface area contributed by atoms with Crippen LogP contribution < -0.4 is 10.6 Å². The number of fused-ring (bicyclic) bond motifs is 1. The molecule has 2 aromatic carbocycles. The van der Waals surface area contributed by atoms with Gasteiger partial charge in [0.05, 0.1) is 11.3 Å². The topological polar surface area (TPSA) is 105 Å². The molecule has 0 saturated heterocycles. The van der Waals surface area contributed by atoms with Crippen LogP contribution in [0.25, 0.3) is 0 Å². The average Bonchev–Trinajstić information content (AvgIpc) is 2.55. The number of ether oxygens (including phenoxy) is 1. The number of cyclic esters (lactones) is 1. The fourth-order valence-corrected chi connectivity index (χ4v) is 2.24. The lowest BCUT2D eigenvalue weighted by Crippen LogP contribution is -2.21. The Bertz CT molecular complexity index is 866. The minimum atomic E-state index is -1.43. The Labute approximate surface area is 135 Å². The summed E-state index contributed by atoms with van der Waals surface area (Å²) in [6.07, 6.45) is -0.563. The first kappa shape index (κ1) is 15.5. The largest absolute Gasteiger partial charge is 0.478 e. The molecule has 8 heteroatoms. The molecule has 0 saturated carbocycles. The Morgan fingerprint density at radius 2 is 2.00 bits per heavy atom. The minimum absolute atomic E-state index is 0.0436. The molecule has 0 atom stereocenters. The van der Waals surface area contributed by atoms with Gasteiger partial charge in [-0.3, -0.25) is 10.1 Å². The van der Waals surface area contributed by atoms with Crippen molar-refractivity contribution in [2.45, 2.75) is 6.61 Å². The molecular formula is C16H11FN2O5. The Hall–Kier alpha value is -3.42. The highest BCUT2D eigenvalue weighted by atomic mass is 19.1. The predicted molar refractivity (Wildman–Crippen MR) is 81.6 cm³/mol. The molecule has 122 valence electrons. The number of aromatic carboxylic acids is 1. The second-order valence-electron chi connectivity index (χ2n) is 5.03. The van der Waals surface area contributed by atoms with E-state index in [0.29, 0.717) is 11.3 Å². The molecule has 0 spiro atoms. The van der Waals surface area contributed by atoms with Gasteiger partial charge in [-0.05, 0) is 36.4 Å². The standard InChI is InChI=1S/C16H11FN2O5/c17-12-3-2-10(6-11(12)15(21)22)18-14(20)8-1-4-13-9(5-8)7-24-16(23)19-13/h1-6H,7H2,(H,18,20)(H,19,23)(H,21,22). The van der Waals surface area contributed by atoms with Crippen LogP contribution in [0.3, 0.4) is 0 Å². The normalized spacial score (nSPS) is 12.6. The summed E-state index contributed by atoms with van der Waals surface area (Å²) in [7, 11) is 0. The van der Waals surface area contributed by atoms with Crippen LogP contribution in [0.5, 0.6) is 0 Å². The number of halogens is 1. The third kappa shape index (κ3) is 3.02.